The number of fused-ring (bicyclic) bond motifs is 1. The van der Waals surface area contributed by atoms with E-state index in [0.29, 0.717) is 43.0 Å². The minimum atomic E-state index is -3.64. The van der Waals surface area contributed by atoms with Gasteiger partial charge in [-0.2, -0.15) is 9.40 Å². The maximum atomic E-state index is 13.5. The number of pyridine rings is 1. The second-order valence-corrected chi connectivity index (χ2v) is 9.43. The number of hydrogen-bond acceptors (Lipinski definition) is 5. The molecule has 10 heteroatoms. The average molecular weight is 441 g/mol. The molecule has 0 amide bonds. The summed E-state index contributed by atoms with van der Waals surface area (Å²) in [6.07, 6.45) is 5.26. The third kappa shape index (κ3) is 3.41. The number of nitrogens with zero attached hydrogens (tertiary/aromatic N) is 6. The van der Waals surface area contributed by atoms with Gasteiger partial charge in [-0.3, -0.25) is 4.68 Å². The highest BCUT2D eigenvalue weighted by Crippen LogP contribution is 2.34. The highest BCUT2D eigenvalue weighted by atomic mass is 32.2. The summed E-state index contributed by atoms with van der Waals surface area (Å²) in [5, 5.41) is 4.10. The molecule has 8 nitrogen and oxygen atoms in total. The molecule has 1 aliphatic heterocycles. The normalized spacial score (nSPS) is 17.5. The molecule has 0 N–H and O–H groups in total. The lowest BCUT2D eigenvalue weighted by Crippen LogP contribution is -2.29. The van der Waals surface area contributed by atoms with Crippen LogP contribution < -0.4 is 0 Å². The van der Waals surface area contributed by atoms with E-state index in [2.05, 4.69) is 10.1 Å². The lowest BCUT2D eigenvalue weighted by molar-refractivity contribution is 0.455. The van der Waals surface area contributed by atoms with Gasteiger partial charge >= 0.3 is 0 Å². The third-order valence-electron chi connectivity index (χ3n) is 5.61. The molecule has 160 valence electrons. The molecule has 0 radical (unpaired) electrons. The van der Waals surface area contributed by atoms with Crippen LogP contribution in [0.15, 0.2) is 59.9 Å². The zero-order valence-electron chi connectivity index (χ0n) is 16.9. The van der Waals surface area contributed by atoms with Gasteiger partial charge in [0.1, 0.15) is 22.1 Å². The van der Waals surface area contributed by atoms with Crippen molar-refractivity contribution in [3.05, 3.63) is 60.8 Å². The van der Waals surface area contributed by atoms with Crippen molar-refractivity contribution in [3.8, 4) is 11.4 Å². The maximum Gasteiger partial charge on any atom is 0.246 e. The summed E-state index contributed by atoms with van der Waals surface area (Å²) >= 11 is 0. The smallest absolute Gasteiger partial charge is 0.246 e. The van der Waals surface area contributed by atoms with Crippen molar-refractivity contribution in [3.63, 3.8) is 0 Å². The molecule has 0 bridgehead atoms. The number of benzene rings is 1. The van der Waals surface area contributed by atoms with Crippen LogP contribution in [-0.2, 0) is 16.6 Å². The summed E-state index contributed by atoms with van der Waals surface area (Å²) < 4.78 is 44.8. The van der Waals surface area contributed by atoms with Gasteiger partial charge in [0.2, 0.25) is 10.0 Å². The molecule has 5 rings (SSSR count). The maximum absolute atomic E-state index is 13.5. The first-order valence-corrected chi connectivity index (χ1v) is 11.5. The van der Waals surface area contributed by atoms with E-state index in [1.165, 1.54) is 22.6 Å². The minimum Gasteiger partial charge on any atom is -0.304 e. The van der Waals surface area contributed by atoms with Crippen LogP contribution in [0.4, 0.5) is 4.39 Å². The van der Waals surface area contributed by atoms with E-state index in [1.807, 2.05) is 23.6 Å². The number of halogens is 1. The van der Waals surface area contributed by atoms with Crippen LogP contribution in [0, 0.1) is 5.82 Å². The molecule has 0 aliphatic carbocycles. The zero-order chi connectivity index (χ0) is 21.6. The zero-order valence-corrected chi connectivity index (χ0v) is 17.7. The number of sulfonamides is 1. The number of rotatable bonds is 5. The number of hydrogen-bond donors (Lipinski definition) is 0. The molecule has 1 aliphatic rings. The SMILES string of the molecule is CCn1cc(S(=O)(=O)N2CCC(n3c(-c4ccc(F)cc4)nc4cccnc43)C2)cn1. The van der Waals surface area contributed by atoms with Crippen molar-refractivity contribution in [2.75, 3.05) is 13.1 Å². The molecule has 0 spiro atoms. The Balaban J connectivity index is 1.53. The molecule has 1 aromatic carbocycles. The molecule has 1 saturated heterocycles. The fourth-order valence-corrected chi connectivity index (χ4v) is 5.47. The van der Waals surface area contributed by atoms with Crippen LogP contribution in [-0.4, -0.2) is 50.1 Å². The van der Waals surface area contributed by atoms with Gasteiger partial charge in [-0.05, 0) is 49.7 Å². The largest absolute Gasteiger partial charge is 0.304 e. The quantitative estimate of drug-likeness (QED) is 0.476. The van der Waals surface area contributed by atoms with E-state index in [9.17, 15) is 12.8 Å². The van der Waals surface area contributed by atoms with Crippen molar-refractivity contribution < 1.29 is 12.8 Å². The Bertz CT molecular complexity index is 1350. The van der Waals surface area contributed by atoms with Crippen molar-refractivity contribution >= 4 is 21.2 Å². The number of aromatic nitrogens is 5. The fraction of sp³-hybridized carbons (Fsp3) is 0.286. The highest BCUT2D eigenvalue weighted by molar-refractivity contribution is 7.89. The molecule has 31 heavy (non-hydrogen) atoms. The summed E-state index contributed by atoms with van der Waals surface area (Å²) in [5.41, 5.74) is 2.15. The summed E-state index contributed by atoms with van der Waals surface area (Å²) in [6.45, 7) is 3.20. The van der Waals surface area contributed by atoms with Crippen LogP contribution in [0.1, 0.15) is 19.4 Å². The van der Waals surface area contributed by atoms with E-state index in [1.54, 1.807) is 29.2 Å². The third-order valence-corrected chi connectivity index (χ3v) is 7.43. The van der Waals surface area contributed by atoms with E-state index in [-0.39, 0.29) is 16.8 Å². The molecule has 0 saturated carbocycles. The molecule has 1 fully saturated rings. The van der Waals surface area contributed by atoms with Gasteiger partial charge in [-0.25, -0.2) is 22.8 Å². The Hall–Kier alpha value is -3.11. The summed E-state index contributed by atoms with van der Waals surface area (Å²) in [6, 6.07) is 9.67. The van der Waals surface area contributed by atoms with Gasteiger partial charge in [0, 0.05) is 37.6 Å². The number of imidazole rings is 1. The fourth-order valence-electron chi connectivity index (χ4n) is 4.02. The second-order valence-electron chi connectivity index (χ2n) is 7.50. The standard InChI is InChI=1S/C21H21FN6O2S/c1-2-26-14-18(12-24-26)31(29,30)27-11-9-17(13-27)28-20(15-5-7-16(22)8-6-15)25-19-4-3-10-23-21(19)28/h3-8,10,12,14,17H,2,9,11,13H2,1H3. The monoisotopic (exact) mass is 440 g/mol. The van der Waals surface area contributed by atoms with Gasteiger partial charge in [0.15, 0.2) is 5.65 Å². The van der Waals surface area contributed by atoms with E-state index in [4.69, 9.17) is 4.98 Å². The Morgan fingerprint density at radius 2 is 2.00 bits per heavy atom. The van der Waals surface area contributed by atoms with Crippen molar-refractivity contribution in [1.29, 1.82) is 0 Å². The molecule has 4 heterocycles. The van der Waals surface area contributed by atoms with Gasteiger partial charge in [-0.1, -0.05) is 0 Å². The molecule has 4 aromatic rings. The topological polar surface area (TPSA) is 85.9 Å². The van der Waals surface area contributed by atoms with Crippen LogP contribution in [0.5, 0.6) is 0 Å². The molecule has 1 unspecified atom stereocenters. The van der Waals surface area contributed by atoms with Crippen LogP contribution in [0.2, 0.25) is 0 Å². The Morgan fingerprint density at radius 3 is 2.74 bits per heavy atom. The lowest BCUT2D eigenvalue weighted by atomic mass is 10.2. The van der Waals surface area contributed by atoms with Gasteiger partial charge in [-0.15, -0.1) is 0 Å². The summed E-state index contributed by atoms with van der Waals surface area (Å²) in [5.74, 6) is 0.326. The minimum absolute atomic E-state index is 0.143. The van der Waals surface area contributed by atoms with Gasteiger partial charge in [0.05, 0.1) is 12.2 Å². The van der Waals surface area contributed by atoms with Gasteiger partial charge in [0.25, 0.3) is 0 Å². The van der Waals surface area contributed by atoms with Crippen LogP contribution >= 0.6 is 0 Å². The van der Waals surface area contributed by atoms with Crippen LogP contribution in [0.3, 0.4) is 0 Å². The Labute approximate surface area is 179 Å². The first-order chi connectivity index (χ1) is 15.0. The van der Waals surface area contributed by atoms with Crippen molar-refractivity contribution in [2.24, 2.45) is 0 Å². The Morgan fingerprint density at radius 1 is 1.19 bits per heavy atom. The summed E-state index contributed by atoms with van der Waals surface area (Å²) in [7, 11) is -3.64. The second kappa shape index (κ2) is 7.54. The molecule has 1 atom stereocenters. The van der Waals surface area contributed by atoms with Gasteiger partial charge < -0.3 is 4.57 Å². The van der Waals surface area contributed by atoms with Crippen molar-refractivity contribution in [1.82, 2.24) is 28.6 Å². The Kier molecular flexibility index (Phi) is 4.82. The first kappa shape index (κ1) is 19.8. The average Bonchev–Trinajstić information content (AvgIpc) is 3.51. The van der Waals surface area contributed by atoms with E-state index < -0.39 is 10.0 Å². The van der Waals surface area contributed by atoms with Crippen LogP contribution in [0.25, 0.3) is 22.6 Å². The predicted octanol–water partition coefficient (Wildman–Crippen LogP) is 3.09. The number of aryl methyl sites for hydroxylation is 1. The molecule has 3 aromatic heterocycles. The lowest BCUT2D eigenvalue weighted by Gasteiger charge is -2.18. The predicted molar refractivity (Wildman–Crippen MR) is 113 cm³/mol. The summed E-state index contributed by atoms with van der Waals surface area (Å²) in [4.78, 5) is 9.40. The highest BCUT2D eigenvalue weighted by Gasteiger charge is 2.36. The van der Waals surface area contributed by atoms with E-state index in [0.717, 1.165) is 5.56 Å². The first-order valence-electron chi connectivity index (χ1n) is 10.1. The molecular formula is C21H21FN6O2S. The van der Waals surface area contributed by atoms with E-state index >= 15 is 0 Å². The van der Waals surface area contributed by atoms with Crippen molar-refractivity contribution in [2.45, 2.75) is 30.8 Å². The molecular weight excluding hydrogens is 419 g/mol.